The summed E-state index contributed by atoms with van der Waals surface area (Å²) in [6, 6.07) is 7.71. The van der Waals surface area contributed by atoms with Gasteiger partial charge in [-0.1, -0.05) is 6.07 Å². The number of hydrogen-bond donors (Lipinski definition) is 4. The number of anilines is 2. The maximum atomic E-state index is 12.2. The minimum absolute atomic E-state index is 0.0493. The Kier molecular flexibility index (Phi) is 5.96. The Hall–Kier alpha value is -5.08. The monoisotopic (exact) mass is 428 g/mol. The third-order valence-corrected chi connectivity index (χ3v) is 3.66. The summed E-state index contributed by atoms with van der Waals surface area (Å²) in [5.41, 5.74) is 7.81. The Bertz CT molecular complexity index is 1150. The summed E-state index contributed by atoms with van der Waals surface area (Å²) in [5.74, 6) is -2.36. The van der Waals surface area contributed by atoms with E-state index in [1.165, 1.54) is 36.6 Å². The molecule has 2 aromatic heterocycles. The second-order valence-electron chi connectivity index (χ2n) is 5.62. The van der Waals surface area contributed by atoms with Crippen molar-refractivity contribution in [2.45, 2.75) is 0 Å². The standard InChI is InChI=1S/C16H12N8O7/c25-15(9-3-1-4-10(7-9)23(27)28)21-19-13-12(24(29)30)14(18-8-17-13)20-22-16(26)11-5-2-6-31-11/h1-8H,(H,21,25)(H,22,26)(H2,17,18,19,20). The van der Waals surface area contributed by atoms with Crippen molar-refractivity contribution in [3.05, 3.63) is 80.5 Å². The number of carbonyl (C=O) groups excluding carboxylic acids is 2. The van der Waals surface area contributed by atoms with Gasteiger partial charge in [-0.25, -0.2) is 9.97 Å². The number of nitro benzene ring substituents is 1. The van der Waals surface area contributed by atoms with E-state index in [2.05, 4.69) is 31.7 Å². The molecule has 0 saturated heterocycles. The van der Waals surface area contributed by atoms with E-state index in [1.807, 2.05) is 0 Å². The molecule has 0 saturated carbocycles. The van der Waals surface area contributed by atoms with Gasteiger partial charge in [-0.3, -0.25) is 51.5 Å². The molecule has 15 nitrogen and oxygen atoms in total. The average molecular weight is 428 g/mol. The van der Waals surface area contributed by atoms with Crippen LogP contribution in [0.5, 0.6) is 0 Å². The molecular formula is C16H12N8O7. The maximum Gasteiger partial charge on any atom is 0.356 e. The molecule has 0 bridgehead atoms. The Balaban J connectivity index is 1.74. The van der Waals surface area contributed by atoms with E-state index in [9.17, 15) is 29.8 Å². The van der Waals surface area contributed by atoms with Crippen LogP contribution in [0.1, 0.15) is 20.9 Å². The molecule has 158 valence electrons. The zero-order valence-corrected chi connectivity index (χ0v) is 15.3. The molecular weight excluding hydrogens is 416 g/mol. The summed E-state index contributed by atoms with van der Waals surface area (Å²) >= 11 is 0. The molecule has 0 aliphatic carbocycles. The van der Waals surface area contributed by atoms with Gasteiger partial charge in [0.25, 0.3) is 11.6 Å². The van der Waals surface area contributed by atoms with Crippen molar-refractivity contribution in [3.8, 4) is 0 Å². The average Bonchev–Trinajstić information content (AvgIpc) is 3.30. The number of aromatic nitrogens is 2. The normalized spacial score (nSPS) is 10.1. The molecule has 0 radical (unpaired) electrons. The molecule has 0 fully saturated rings. The molecule has 3 rings (SSSR count). The molecule has 4 N–H and O–H groups in total. The topological polar surface area (TPSA) is 207 Å². The van der Waals surface area contributed by atoms with Gasteiger partial charge in [0.1, 0.15) is 6.33 Å². The third-order valence-electron chi connectivity index (χ3n) is 3.66. The van der Waals surface area contributed by atoms with Gasteiger partial charge < -0.3 is 4.42 Å². The lowest BCUT2D eigenvalue weighted by atomic mass is 10.2. The molecule has 0 spiro atoms. The maximum absolute atomic E-state index is 12.2. The van der Waals surface area contributed by atoms with Crippen molar-refractivity contribution < 1.29 is 23.9 Å². The highest BCUT2D eigenvalue weighted by molar-refractivity contribution is 5.95. The molecule has 0 atom stereocenters. The minimum atomic E-state index is -0.844. The van der Waals surface area contributed by atoms with Crippen LogP contribution in [0.3, 0.4) is 0 Å². The highest BCUT2D eigenvalue weighted by atomic mass is 16.6. The second kappa shape index (κ2) is 8.95. The van der Waals surface area contributed by atoms with E-state index < -0.39 is 33.2 Å². The van der Waals surface area contributed by atoms with Gasteiger partial charge in [0, 0.05) is 17.7 Å². The molecule has 31 heavy (non-hydrogen) atoms. The lowest BCUT2D eigenvalue weighted by Gasteiger charge is -2.11. The van der Waals surface area contributed by atoms with Gasteiger partial charge in [-0.05, 0) is 18.2 Å². The quantitative estimate of drug-likeness (QED) is 0.298. The predicted molar refractivity (Wildman–Crippen MR) is 103 cm³/mol. The van der Waals surface area contributed by atoms with Gasteiger partial charge in [0.2, 0.25) is 11.6 Å². The molecule has 3 aromatic rings. The zero-order valence-electron chi connectivity index (χ0n) is 15.3. The first-order valence-electron chi connectivity index (χ1n) is 8.27. The molecule has 2 amide bonds. The van der Waals surface area contributed by atoms with Crippen molar-refractivity contribution in [1.29, 1.82) is 0 Å². The SMILES string of the molecule is O=C(NNc1ncnc(NNC(=O)c2ccco2)c1[N+](=O)[O-])c1cccc([N+](=O)[O-])c1. The van der Waals surface area contributed by atoms with Gasteiger partial charge in [0.05, 0.1) is 16.1 Å². The van der Waals surface area contributed by atoms with Gasteiger partial charge >= 0.3 is 11.6 Å². The number of nitro groups is 2. The van der Waals surface area contributed by atoms with Gasteiger partial charge in [-0.2, -0.15) is 0 Å². The first-order chi connectivity index (χ1) is 14.9. The summed E-state index contributed by atoms with van der Waals surface area (Å²) in [5, 5.41) is 22.3. The fraction of sp³-hybridized carbons (Fsp3) is 0. The number of non-ortho nitro benzene ring substituents is 1. The third kappa shape index (κ3) is 4.86. The number of benzene rings is 1. The van der Waals surface area contributed by atoms with Crippen molar-refractivity contribution in [2.24, 2.45) is 0 Å². The Morgan fingerprint density at radius 2 is 1.58 bits per heavy atom. The number of hydrazine groups is 2. The Morgan fingerprint density at radius 3 is 2.16 bits per heavy atom. The van der Waals surface area contributed by atoms with E-state index in [-0.39, 0.29) is 22.8 Å². The Morgan fingerprint density at radius 1 is 0.903 bits per heavy atom. The lowest BCUT2D eigenvalue weighted by molar-refractivity contribution is -0.384. The number of nitrogens with zero attached hydrogens (tertiary/aromatic N) is 4. The van der Waals surface area contributed by atoms with E-state index in [4.69, 9.17) is 4.42 Å². The number of nitrogens with one attached hydrogen (secondary N) is 4. The van der Waals surface area contributed by atoms with E-state index in [0.717, 1.165) is 12.4 Å². The minimum Gasteiger partial charge on any atom is -0.459 e. The Labute approximate surface area is 171 Å². The van der Waals surface area contributed by atoms with Crippen LogP contribution in [0.15, 0.2) is 53.4 Å². The van der Waals surface area contributed by atoms with Crippen LogP contribution in [0.2, 0.25) is 0 Å². The number of carbonyl (C=O) groups is 2. The van der Waals surface area contributed by atoms with Crippen LogP contribution in [-0.4, -0.2) is 31.6 Å². The number of hydrogen-bond acceptors (Lipinski definition) is 11. The summed E-state index contributed by atoms with van der Waals surface area (Å²) in [7, 11) is 0. The van der Waals surface area contributed by atoms with E-state index in [0.29, 0.717) is 0 Å². The summed E-state index contributed by atoms with van der Waals surface area (Å²) in [6.45, 7) is 0. The van der Waals surface area contributed by atoms with Crippen molar-refractivity contribution in [1.82, 2.24) is 20.8 Å². The summed E-state index contributed by atoms with van der Waals surface area (Å²) in [4.78, 5) is 52.3. The van der Waals surface area contributed by atoms with Crippen LogP contribution >= 0.6 is 0 Å². The first kappa shape index (κ1) is 20.6. The van der Waals surface area contributed by atoms with Crippen LogP contribution in [0.4, 0.5) is 23.0 Å². The van der Waals surface area contributed by atoms with Gasteiger partial charge in [0.15, 0.2) is 5.76 Å². The fourth-order valence-electron chi connectivity index (χ4n) is 2.27. The van der Waals surface area contributed by atoms with Crippen LogP contribution in [0.25, 0.3) is 0 Å². The van der Waals surface area contributed by atoms with Crippen molar-refractivity contribution in [2.75, 3.05) is 10.9 Å². The molecule has 2 heterocycles. The van der Waals surface area contributed by atoms with E-state index >= 15 is 0 Å². The molecule has 1 aromatic carbocycles. The summed E-state index contributed by atoms with van der Waals surface area (Å²) < 4.78 is 4.89. The van der Waals surface area contributed by atoms with E-state index in [1.54, 1.807) is 0 Å². The van der Waals surface area contributed by atoms with Crippen LogP contribution in [-0.2, 0) is 0 Å². The van der Waals surface area contributed by atoms with Crippen molar-refractivity contribution >= 4 is 34.8 Å². The molecule has 0 unspecified atom stereocenters. The van der Waals surface area contributed by atoms with Crippen LogP contribution in [0, 0.1) is 20.2 Å². The highest BCUT2D eigenvalue weighted by Gasteiger charge is 2.24. The number of furan rings is 1. The van der Waals surface area contributed by atoms with Crippen molar-refractivity contribution in [3.63, 3.8) is 0 Å². The number of amides is 2. The van der Waals surface area contributed by atoms with Gasteiger partial charge in [-0.15, -0.1) is 0 Å². The summed E-state index contributed by atoms with van der Waals surface area (Å²) in [6.07, 6.45) is 2.21. The van der Waals surface area contributed by atoms with Crippen LogP contribution < -0.4 is 21.7 Å². The lowest BCUT2D eigenvalue weighted by Crippen LogP contribution is -2.32. The first-order valence-corrected chi connectivity index (χ1v) is 8.27. The smallest absolute Gasteiger partial charge is 0.356 e. The molecule has 0 aliphatic heterocycles. The number of rotatable bonds is 8. The highest BCUT2D eigenvalue weighted by Crippen LogP contribution is 2.27. The molecule has 15 heteroatoms. The zero-order chi connectivity index (χ0) is 22.4. The second-order valence-corrected chi connectivity index (χ2v) is 5.62. The fourth-order valence-corrected chi connectivity index (χ4v) is 2.27. The predicted octanol–water partition coefficient (Wildman–Crippen LogP) is 1.40. The molecule has 0 aliphatic rings. The largest absolute Gasteiger partial charge is 0.459 e.